The van der Waals surface area contributed by atoms with Gasteiger partial charge in [0.25, 0.3) is 0 Å². The SMILES string of the molecule is CC(C)[14C](=O)O.[Na]. The Kier molecular flexibility index (Phi) is 6.90. The van der Waals surface area contributed by atoms with E-state index in [0.29, 0.717) is 0 Å². The van der Waals surface area contributed by atoms with Crippen LogP contribution in [-0.2, 0) is 4.79 Å². The third-order valence-corrected chi connectivity index (χ3v) is 0.494. The number of hydrogen-bond acceptors (Lipinski definition) is 1. The Bertz CT molecular complexity index is 60.7. The van der Waals surface area contributed by atoms with Gasteiger partial charge in [0, 0.05) is 29.6 Å². The van der Waals surface area contributed by atoms with Gasteiger partial charge in [0.2, 0.25) is 0 Å². The fourth-order valence-electron chi connectivity index (χ4n) is 0. The molecule has 0 aliphatic carbocycles. The molecule has 0 atom stereocenters. The fourth-order valence-corrected chi connectivity index (χ4v) is 0. The molecule has 0 aromatic rings. The molecule has 7 heavy (non-hydrogen) atoms. The summed E-state index contributed by atoms with van der Waals surface area (Å²) in [7, 11) is 0. The van der Waals surface area contributed by atoms with E-state index < -0.39 is 5.97 Å². The number of carbonyl (C=O) groups is 1. The van der Waals surface area contributed by atoms with Gasteiger partial charge in [-0.25, -0.2) is 0 Å². The third-order valence-electron chi connectivity index (χ3n) is 0.494. The molecule has 0 unspecified atom stereocenters. The van der Waals surface area contributed by atoms with Crippen LogP contribution in [0.1, 0.15) is 13.8 Å². The van der Waals surface area contributed by atoms with Gasteiger partial charge < -0.3 is 5.11 Å². The molecule has 0 saturated heterocycles. The Balaban J connectivity index is 0. The molecule has 0 amide bonds. The van der Waals surface area contributed by atoms with Crippen molar-refractivity contribution in [2.24, 2.45) is 5.92 Å². The molecule has 0 aromatic heterocycles. The van der Waals surface area contributed by atoms with Crippen molar-refractivity contribution < 1.29 is 9.90 Å². The van der Waals surface area contributed by atoms with Gasteiger partial charge in [-0.05, 0) is 0 Å². The number of aliphatic carboxylic acids is 1. The van der Waals surface area contributed by atoms with Crippen LogP contribution in [0.4, 0.5) is 0 Å². The van der Waals surface area contributed by atoms with Crippen LogP contribution < -0.4 is 0 Å². The van der Waals surface area contributed by atoms with Crippen LogP contribution in [0, 0.1) is 5.92 Å². The number of carboxylic acid groups (broad SMARTS) is 1. The molecule has 0 fully saturated rings. The Morgan fingerprint density at radius 1 is 1.57 bits per heavy atom. The van der Waals surface area contributed by atoms with Crippen molar-refractivity contribution in [1.29, 1.82) is 0 Å². The van der Waals surface area contributed by atoms with Gasteiger partial charge in [-0.1, -0.05) is 13.8 Å². The minimum atomic E-state index is -0.741. The second-order valence-electron chi connectivity index (χ2n) is 1.49. The van der Waals surface area contributed by atoms with Gasteiger partial charge >= 0.3 is 5.97 Å². The molecule has 0 saturated carbocycles. The van der Waals surface area contributed by atoms with E-state index in [1.807, 2.05) is 0 Å². The topological polar surface area (TPSA) is 37.3 Å². The molecule has 3 heteroatoms. The minimum absolute atomic E-state index is 0. The normalized spacial score (nSPS) is 7.86. The van der Waals surface area contributed by atoms with Crippen molar-refractivity contribution >= 4 is 35.5 Å². The van der Waals surface area contributed by atoms with Crippen LogP contribution in [0.2, 0.25) is 0 Å². The van der Waals surface area contributed by atoms with E-state index in [4.69, 9.17) is 5.11 Å². The van der Waals surface area contributed by atoms with Crippen molar-refractivity contribution in [2.75, 3.05) is 0 Å². The van der Waals surface area contributed by atoms with Crippen LogP contribution in [0.3, 0.4) is 0 Å². The average molecular weight is 113 g/mol. The van der Waals surface area contributed by atoms with Crippen molar-refractivity contribution in [3.8, 4) is 0 Å². The number of hydrogen-bond donors (Lipinski definition) is 1. The first-order chi connectivity index (χ1) is 2.64. The van der Waals surface area contributed by atoms with E-state index in [-0.39, 0.29) is 35.5 Å². The first kappa shape index (κ1) is 10.5. The summed E-state index contributed by atoms with van der Waals surface area (Å²) in [4.78, 5) is 9.70. The maximum Gasteiger partial charge on any atom is 0.305 e. The van der Waals surface area contributed by atoms with Crippen molar-refractivity contribution in [3.05, 3.63) is 0 Å². The van der Waals surface area contributed by atoms with Gasteiger partial charge in [0.15, 0.2) is 0 Å². The summed E-state index contributed by atoms with van der Waals surface area (Å²) in [5.74, 6) is -0.972. The summed E-state index contributed by atoms with van der Waals surface area (Å²) in [6.45, 7) is 3.28. The molecule has 0 spiro atoms. The summed E-state index contributed by atoms with van der Waals surface area (Å²) in [5, 5.41) is 7.99. The Labute approximate surface area is 65.2 Å². The van der Waals surface area contributed by atoms with Crippen molar-refractivity contribution in [1.82, 2.24) is 0 Å². The van der Waals surface area contributed by atoms with E-state index >= 15 is 0 Å². The summed E-state index contributed by atoms with van der Waals surface area (Å²) in [5.41, 5.74) is 0. The van der Waals surface area contributed by atoms with Crippen LogP contribution >= 0.6 is 0 Å². The van der Waals surface area contributed by atoms with E-state index in [2.05, 4.69) is 0 Å². The quantitative estimate of drug-likeness (QED) is 0.498. The van der Waals surface area contributed by atoms with Crippen molar-refractivity contribution in [2.45, 2.75) is 13.8 Å². The van der Waals surface area contributed by atoms with Crippen LogP contribution in [0.25, 0.3) is 0 Å². The van der Waals surface area contributed by atoms with Gasteiger partial charge in [-0.3, -0.25) is 4.79 Å². The predicted molar refractivity (Wildman–Crippen MR) is 28.2 cm³/mol. The minimum Gasteiger partial charge on any atom is -0.481 e. The molecule has 0 bridgehead atoms. The maximum absolute atomic E-state index is 9.70. The predicted octanol–water partition coefficient (Wildman–Crippen LogP) is 0.346. The summed E-state index contributed by atoms with van der Waals surface area (Å²) < 4.78 is 0. The smallest absolute Gasteiger partial charge is 0.305 e. The Morgan fingerprint density at radius 2 is 1.71 bits per heavy atom. The Morgan fingerprint density at radius 3 is 1.71 bits per heavy atom. The zero-order valence-electron chi connectivity index (χ0n) is 4.93. The van der Waals surface area contributed by atoms with Crippen LogP contribution in [0.15, 0.2) is 0 Å². The standard InChI is InChI=1S/C4H8O2.Na/c1-3(2)4(5)6;/h3H,1-2H3,(H,5,6);/i4+2;. The summed E-state index contributed by atoms with van der Waals surface area (Å²) >= 11 is 0. The van der Waals surface area contributed by atoms with Crippen LogP contribution in [-0.4, -0.2) is 40.6 Å². The van der Waals surface area contributed by atoms with Crippen LogP contribution in [0.5, 0.6) is 0 Å². The summed E-state index contributed by atoms with van der Waals surface area (Å²) in [6, 6.07) is 0. The molecule has 2 nitrogen and oxygen atoms in total. The molecule has 0 heterocycles. The molecule has 0 aromatic carbocycles. The molecule has 37 valence electrons. The number of carboxylic acids is 1. The molecular formula is C4H8NaO2. The number of rotatable bonds is 1. The Hall–Kier alpha value is 0.470. The van der Waals surface area contributed by atoms with Gasteiger partial charge in [-0.15, -0.1) is 0 Å². The van der Waals surface area contributed by atoms with Gasteiger partial charge in [0.05, 0.1) is 5.92 Å². The first-order valence-corrected chi connectivity index (χ1v) is 1.87. The van der Waals surface area contributed by atoms with Gasteiger partial charge in [-0.2, -0.15) is 0 Å². The van der Waals surface area contributed by atoms with E-state index in [0.717, 1.165) is 0 Å². The maximum atomic E-state index is 9.70. The largest absolute Gasteiger partial charge is 0.481 e. The first-order valence-electron chi connectivity index (χ1n) is 1.87. The average Bonchev–Trinajstić information content (AvgIpc) is 1.36. The third kappa shape index (κ3) is 6.47. The zero-order valence-corrected chi connectivity index (χ0v) is 6.93. The molecule has 0 aliphatic rings. The fraction of sp³-hybridized carbons (Fsp3) is 0.750. The zero-order chi connectivity index (χ0) is 5.15. The second kappa shape index (κ2) is 4.62. The molecule has 0 aliphatic heterocycles. The molecule has 0 rings (SSSR count). The molecular weight excluding hydrogens is 105 g/mol. The van der Waals surface area contributed by atoms with E-state index in [1.165, 1.54) is 0 Å². The van der Waals surface area contributed by atoms with E-state index in [1.54, 1.807) is 13.8 Å². The second-order valence-corrected chi connectivity index (χ2v) is 1.49. The molecule has 1 N–H and O–H groups in total. The monoisotopic (exact) mass is 113 g/mol. The van der Waals surface area contributed by atoms with E-state index in [9.17, 15) is 4.79 Å². The van der Waals surface area contributed by atoms with Crippen molar-refractivity contribution in [3.63, 3.8) is 0 Å². The summed E-state index contributed by atoms with van der Waals surface area (Å²) in [6.07, 6.45) is 0. The molecule has 1 radical (unpaired) electrons. The van der Waals surface area contributed by atoms with Gasteiger partial charge in [0.1, 0.15) is 0 Å².